The molecule has 2 aromatic rings. The second kappa shape index (κ2) is 5.13. The number of nitrogens with zero attached hydrogens (tertiary/aromatic N) is 4. The van der Waals surface area contributed by atoms with Gasteiger partial charge in [0.15, 0.2) is 0 Å². The van der Waals surface area contributed by atoms with Crippen molar-refractivity contribution in [2.24, 2.45) is 0 Å². The van der Waals surface area contributed by atoms with E-state index >= 15 is 0 Å². The van der Waals surface area contributed by atoms with E-state index in [1.165, 1.54) is 10.4 Å². The highest BCUT2D eigenvalue weighted by atomic mass is 32.1. The number of carbonyl (C=O) groups excluding carboxylic acids is 1. The SMILES string of the molecule is Cc1ccsc1CCC(=O)N1CC(n2nccn2)C1. The van der Waals surface area contributed by atoms with Gasteiger partial charge in [-0.1, -0.05) is 0 Å². The van der Waals surface area contributed by atoms with E-state index in [9.17, 15) is 4.79 Å². The number of rotatable bonds is 4. The minimum absolute atomic E-state index is 0.233. The van der Waals surface area contributed by atoms with E-state index < -0.39 is 0 Å². The van der Waals surface area contributed by atoms with Crippen molar-refractivity contribution in [2.75, 3.05) is 13.1 Å². The number of hydrogen-bond acceptors (Lipinski definition) is 4. The van der Waals surface area contributed by atoms with Crippen molar-refractivity contribution in [1.82, 2.24) is 19.9 Å². The smallest absolute Gasteiger partial charge is 0.223 e. The molecule has 5 nitrogen and oxygen atoms in total. The van der Waals surface area contributed by atoms with E-state index in [0.29, 0.717) is 6.42 Å². The van der Waals surface area contributed by atoms with Crippen molar-refractivity contribution < 1.29 is 4.79 Å². The second-order valence-electron chi connectivity index (χ2n) is 4.83. The Labute approximate surface area is 115 Å². The molecule has 1 amide bonds. The molecule has 0 saturated carbocycles. The number of likely N-dealkylation sites (tertiary alicyclic amines) is 1. The van der Waals surface area contributed by atoms with Gasteiger partial charge in [0, 0.05) is 24.4 Å². The van der Waals surface area contributed by atoms with Crippen LogP contribution in [0, 0.1) is 6.92 Å². The van der Waals surface area contributed by atoms with Gasteiger partial charge in [0.25, 0.3) is 0 Å². The van der Waals surface area contributed by atoms with Crippen LogP contribution in [0.4, 0.5) is 0 Å². The Kier molecular flexibility index (Phi) is 3.33. The maximum absolute atomic E-state index is 12.0. The first kappa shape index (κ1) is 12.3. The van der Waals surface area contributed by atoms with E-state index in [4.69, 9.17) is 0 Å². The van der Waals surface area contributed by atoms with Gasteiger partial charge >= 0.3 is 0 Å². The fraction of sp³-hybridized carbons (Fsp3) is 0.462. The van der Waals surface area contributed by atoms with Gasteiger partial charge in [-0.15, -0.1) is 11.3 Å². The average Bonchev–Trinajstić information content (AvgIpc) is 2.96. The van der Waals surface area contributed by atoms with Crippen molar-refractivity contribution in [3.63, 3.8) is 0 Å². The molecule has 19 heavy (non-hydrogen) atoms. The normalized spacial score (nSPS) is 15.5. The van der Waals surface area contributed by atoms with Crippen molar-refractivity contribution in [1.29, 1.82) is 0 Å². The molecule has 100 valence electrons. The summed E-state index contributed by atoms with van der Waals surface area (Å²) < 4.78 is 0. The molecule has 3 heterocycles. The summed E-state index contributed by atoms with van der Waals surface area (Å²) >= 11 is 1.73. The lowest BCUT2D eigenvalue weighted by Crippen LogP contribution is -2.51. The minimum Gasteiger partial charge on any atom is -0.338 e. The van der Waals surface area contributed by atoms with Crippen LogP contribution >= 0.6 is 11.3 Å². The first-order valence-electron chi connectivity index (χ1n) is 6.40. The van der Waals surface area contributed by atoms with Crippen molar-refractivity contribution in [3.05, 3.63) is 34.3 Å². The van der Waals surface area contributed by atoms with Crippen LogP contribution in [0.5, 0.6) is 0 Å². The number of aromatic nitrogens is 3. The molecule has 0 aliphatic carbocycles. The van der Waals surface area contributed by atoms with Gasteiger partial charge in [-0.05, 0) is 30.4 Å². The quantitative estimate of drug-likeness (QED) is 0.853. The maximum Gasteiger partial charge on any atom is 0.223 e. The number of aryl methyl sites for hydroxylation is 2. The van der Waals surface area contributed by atoms with Crippen molar-refractivity contribution in [2.45, 2.75) is 25.8 Å². The zero-order valence-electron chi connectivity index (χ0n) is 10.8. The molecule has 0 atom stereocenters. The number of thiophene rings is 1. The lowest BCUT2D eigenvalue weighted by molar-refractivity contribution is -0.137. The molecule has 2 aromatic heterocycles. The summed E-state index contributed by atoms with van der Waals surface area (Å²) in [5.41, 5.74) is 1.29. The summed E-state index contributed by atoms with van der Waals surface area (Å²) in [4.78, 5) is 16.9. The summed E-state index contributed by atoms with van der Waals surface area (Å²) in [5.74, 6) is 0.233. The second-order valence-corrected chi connectivity index (χ2v) is 5.83. The molecular weight excluding hydrogens is 260 g/mol. The van der Waals surface area contributed by atoms with Crippen LogP contribution in [-0.2, 0) is 11.2 Å². The fourth-order valence-corrected chi connectivity index (χ4v) is 3.17. The Morgan fingerprint density at radius 3 is 2.79 bits per heavy atom. The fourth-order valence-electron chi connectivity index (χ4n) is 2.26. The molecule has 0 radical (unpaired) electrons. The largest absolute Gasteiger partial charge is 0.338 e. The zero-order chi connectivity index (χ0) is 13.2. The molecule has 0 spiro atoms. The highest BCUT2D eigenvalue weighted by Gasteiger charge is 2.32. The van der Waals surface area contributed by atoms with Gasteiger partial charge in [-0.25, -0.2) is 0 Å². The Morgan fingerprint density at radius 2 is 2.16 bits per heavy atom. The number of hydrogen-bond donors (Lipinski definition) is 0. The van der Waals surface area contributed by atoms with Gasteiger partial charge in [0.2, 0.25) is 5.91 Å². The van der Waals surface area contributed by atoms with Crippen molar-refractivity contribution >= 4 is 17.2 Å². The Hall–Kier alpha value is -1.69. The molecule has 0 aromatic carbocycles. The molecule has 1 fully saturated rings. The highest BCUT2D eigenvalue weighted by Crippen LogP contribution is 2.22. The topological polar surface area (TPSA) is 51.0 Å². The molecule has 1 saturated heterocycles. The van der Waals surface area contributed by atoms with Crippen LogP contribution in [0.15, 0.2) is 23.8 Å². The third-order valence-electron chi connectivity index (χ3n) is 3.51. The van der Waals surface area contributed by atoms with Crippen LogP contribution in [0.1, 0.15) is 22.9 Å². The molecular formula is C13H16N4OS. The predicted molar refractivity (Wildman–Crippen MR) is 73.0 cm³/mol. The lowest BCUT2D eigenvalue weighted by Gasteiger charge is -2.38. The summed E-state index contributed by atoms with van der Waals surface area (Å²) in [5, 5.41) is 10.3. The maximum atomic E-state index is 12.0. The molecule has 3 rings (SSSR count). The van der Waals surface area contributed by atoms with Crippen LogP contribution in [0.25, 0.3) is 0 Å². The van der Waals surface area contributed by atoms with E-state index in [1.54, 1.807) is 28.5 Å². The van der Waals surface area contributed by atoms with Gasteiger partial charge in [0.1, 0.15) is 6.04 Å². The lowest BCUT2D eigenvalue weighted by atomic mass is 10.1. The first-order valence-corrected chi connectivity index (χ1v) is 7.28. The number of amides is 1. The van der Waals surface area contributed by atoms with Crippen LogP contribution in [-0.4, -0.2) is 38.9 Å². The summed E-state index contributed by atoms with van der Waals surface area (Å²) in [7, 11) is 0. The third kappa shape index (κ3) is 2.53. The monoisotopic (exact) mass is 276 g/mol. The molecule has 1 aliphatic heterocycles. The average molecular weight is 276 g/mol. The van der Waals surface area contributed by atoms with Crippen molar-refractivity contribution in [3.8, 4) is 0 Å². The molecule has 0 unspecified atom stereocenters. The third-order valence-corrected chi connectivity index (χ3v) is 4.60. The summed E-state index contributed by atoms with van der Waals surface area (Å²) in [6, 6.07) is 2.36. The minimum atomic E-state index is 0.233. The first-order chi connectivity index (χ1) is 9.24. The standard InChI is InChI=1S/C13H16N4OS/c1-10-4-7-19-12(10)2-3-13(18)16-8-11(9-16)17-14-5-6-15-17/h4-7,11H,2-3,8-9H2,1H3. The van der Waals surface area contributed by atoms with Gasteiger partial charge < -0.3 is 4.90 Å². The van der Waals surface area contributed by atoms with E-state index in [0.717, 1.165) is 19.5 Å². The van der Waals surface area contributed by atoms with E-state index in [2.05, 4.69) is 28.6 Å². The number of carbonyl (C=O) groups is 1. The summed E-state index contributed by atoms with van der Waals surface area (Å²) in [6.45, 7) is 3.56. The van der Waals surface area contributed by atoms with Crippen LogP contribution in [0.2, 0.25) is 0 Å². The van der Waals surface area contributed by atoms with Crippen LogP contribution in [0.3, 0.4) is 0 Å². The summed E-state index contributed by atoms with van der Waals surface area (Å²) in [6.07, 6.45) is 4.79. The molecule has 1 aliphatic rings. The Morgan fingerprint density at radius 1 is 1.42 bits per heavy atom. The van der Waals surface area contributed by atoms with Gasteiger partial charge in [0.05, 0.1) is 12.4 Å². The van der Waals surface area contributed by atoms with Crippen LogP contribution < -0.4 is 0 Å². The van der Waals surface area contributed by atoms with E-state index in [1.807, 2.05) is 4.90 Å². The Balaban J connectivity index is 1.47. The highest BCUT2D eigenvalue weighted by molar-refractivity contribution is 7.10. The van der Waals surface area contributed by atoms with Gasteiger partial charge in [-0.3, -0.25) is 4.79 Å². The van der Waals surface area contributed by atoms with E-state index in [-0.39, 0.29) is 11.9 Å². The molecule has 0 N–H and O–H groups in total. The molecule has 0 bridgehead atoms. The van der Waals surface area contributed by atoms with Gasteiger partial charge in [-0.2, -0.15) is 15.0 Å². The Bertz CT molecular complexity index is 557. The molecule has 6 heteroatoms. The zero-order valence-corrected chi connectivity index (χ0v) is 11.6. The predicted octanol–water partition coefficient (Wildman–Crippen LogP) is 1.66.